The first kappa shape index (κ1) is 22.8. The van der Waals surface area contributed by atoms with Gasteiger partial charge in [0.2, 0.25) is 5.28 Å². The summed E-state index contributed by atoms with van der Waals surface area (Å²) in [5.41, 5.74) is 5.49. The Morgan fingerprint density at radius 3 is 1.80 bits per heavy atom. The number of benzene rings is 7. The van der Waals surface area contributed by atoms with Crippen LogP contribution in [0.4, 0.5) is 0 Å². The third-order valence-electron chi connectivity index (χ3n) is 7.98. The SMILES string of the molecule is [2H]c1c([2H])c(-c2nc(Cl)nc(-c3ccccc3-c3cccc4ccccc34)n2)c([2H])c(-c2ccc(-c3ccccc3)c3ccccc23)c1[2H]. The van der Waals surface area contributed by atoms with Crippen LogP contribution < -0.4 is 0 Å². The number of hydrogen-bond donors (Lipinski definition) is 0. The van der Waals surface area contributed by atoms with Crippen LogP contribution in [0.5, 0.6) is 0 Å². The van der Waals surface area contributed by atoms with Gasteiger partial charge in [-0.25, -0.2) is 4.98 Å². The third kappa shape index (κ3) is 5.04. The number of hydrogen-bond acceptors (Lipinski definition) is 3. The number of aromatic nitrogens is 3. The van der Waals surface area contributed by atoms with Crippen molar-refractivity contribution in [1.29, 1.82) is 0 Å². The summed E-state index contributed by atoms with van der Waals surface area (Å²) in [6, 6.07) is 42.8. The van der Waals surface area contributed by atoms with E-state index in [-0.39, 0.29) is 52.2 Å². The van der Waals surface area contributed by atoms with E-state index in [1.54, 1.807) is 0 Å². The first-order valence-electron chi connectivity index (χ1n) is 16.6. The average Bonchev–Trinajstić information content (AvgIpc) is 3.14. The monoisotopic (exact) mass is 599 g/mol. The highest BCUT2D eigenvalue weighted by Crippen LogP contribution is 2.38. The van der Waals surface area contributed by atoms with Gasteiger partial charge in [0, 0.05) is 11.1 Å². The predicted molar refractivity (Wildman–Crippen MR) is 187 cm³/mol. The summed E-state index contributed by atoms with van der Waals surface area (Å²) in [6.07, 6.45) is 0. The van der Waals surface area contributed by atoms with E-state index in [0.717, 1.165) is 43.8 Å². The minimum absolute atomic E-state index is 0.00214. The number of halogens is 1. The van der Waals surface area contributed by atoms with E-state index < -0.39 is 0 Å². The molecule has 8 rings (SSSR count). The van der Waals surface area contributed by atoms with Crippen LogP contribution in [0.15, 0.2) is 158 Å². The van der Waals surface area contributed by atoms with E-state index in [1.165, 1.54) is 0 Å². The van der Waals surface area contributed by atoms with Gasteiger partial charge in [-0.15, -0.1) is 0 Å². The highest BCUT2D eigenvalue weighted by molar-refractivity contribution is 6.28. The van der Waals surface area contributed by atoms with E-state index >= 15 is 0 Å². The maximum atomic E-state index is 9.44. The molecule has 0 spiro atoms. The predicted octanol–water partition coefficient (Wildman–Crippen LogP) is 11.2. The third-order valence-corrected chi connectivity index (χ3v) is 8.15. The van der Waals surface area contributed by atoms with Crippen molar-refractivity contribution in [3.63, 3.8) is 0 Å². The maximum absolute atomic E-state index is 9.44. The Morgan fingerprint density at radius 1 is 0.422 bits per heavy atom. The van der Waals surface area contributed by atoms with Crippen molar-refractivity contribution in [2.24, 2.45) is 0 Å². The molecular weight excluding hydrogens is 570 g/mol. The van der Waals surface area contributed by atoms with Crippen molar-refractivity contribution in [3.8, 4) is 56.2 Å². The lowest BCUT2D eigenvalue weighted by atomic mass is 9.91. The van der Waals surface area contributed by atoms with Gasteiger partial charge in [-0.05, 0) is 72.6 Å². The lowest BCUT2D eigenvalue weighted by Gasteiger charge is -2.14. The van der Waals surface area contributed by atoms with Gasteiger partial charge in [-0.1, -0.05) is 152 Å². The zero-order valence-electron chi connectivity index (χ0n) is 27.9. The molecule has 0 amide bonds. The lowest BCUT2D eigenvalue weighted by molar-refractivity contribution is 1.07. The van der Waals surface area contributed by atoms with Gasteiger partial charge in [0.05, 0.1) is 5.48 Å². The molecule has 0 bridgehead atoms. The second-order valence-corrected chi connectivity index (χ2v) is 11.0. The first-order valence-corrected chi connectivity index (χ1v) is 15.0. The van der Waals surface area contributed by atoms with Gasteiger partial charge in [-0.3, -0.25) is 0 Å². The normalized spacial score (nSPS) is 12.5. The molecule has 0 N–H and O–H groups in total. The summed E-state index contributed by atoms with van der Waals surface area (Å²) in [7, 11) is 0. The molecule has 4 heteroatoms. The molecular formula is C41H26ClN3. The van der Waals surface area contributed by atoms with Gasteiger partial charge in [0.25, 0.3) is 0 Å². The topological polar surface area (TPSA) is 38.7 Å². The fourth-order valence-corrected chi connectivity index (χ4v) is 6.09. The van der Waals surface area contributed by atoms with Crippen molar-refractivity contribution < 1.29 is 5.48 Å². The number of fused-ring (bicyclic) bond motifs is 2. The molecule has 0 aliphatic rings. The van der Waals surface area contributed by atoms with Crippen molar-refractivity contribution in [2.75, 3.05) is 0 Å². The van der Waals surface area contributed by atoms with Crippen LogP contribution in [0.1, 0.15) is 5.48 Å². The zero-order valence-corrected chi connectivity index (χ0v) is 24.7. The molecule has 0 saturated carbocycles. The van der Waals surface area contributed by atoms with Crippen LogP contribution in [0.3, 0.4) is 0 Å². The Balaban J connectivity index is 1.33. The minimum Gasteiger partial charge on any atom is -0.208 e. The molecule has 0 radical (unpaired) electrons. The van der Waals surface area contributed by atoms with Crippen LogP contribution in [-0.2, 0) is 0 Å². The molecule has 0 aliphatic carbocycles. The molecule has 212 valence electrons. The van der Waals surface area contributed by atoms with Crippen LogP contribution in [0, 0.1) is 0 Å². The van der Waals surface area contributed by atoms with Gasteiger partial charge in [0.15, 0.2) is 11.6 Å². The van der Waals surface area contributed by atoms with E-state index in [4.69, 9.17) is 20.7 Å². The van der Waals surface area contributed by atoms with E-state index in [2.05, 4.69) is 28.2 Å². The smallest absolute Gasteiger partial charge is 0.208 e. The van der Waals surface area contributed by atoms with Gasteiger partial charge >= 0.3 is 0 Å². The molecule has 0 aliphatic heterocycles. The van der Waals surface area contributed by atoms with Crippen molar-refractivity contribution in [3.05, 3.63) is 163 Å². The Labute approximate surface area is 272 Å². The van der Waals surface area contributed by atoms with Crippen LogP contribution >= 0.6 is 11.6 Å². The summed E-state index contributed by atoms with van der Waals surface area (Å²) in [5.74, 6) is 0.274. The summed E-state index contributed by atoms with van der Waals surface area (Å²) in [4.78, 5) is 13.7. The quantitative estimate of drug-likeness (QED) is 0.197. The summed E-state index contributed by atoms with van der Waals surface area (Å²) in [5, 5.41) is 3.83. The maximum Gasteiger partial charge on any atom is 0.226 e. The molecule has 1 aromatic heterocycles. The summed E-state index contributed by atoms with van der Waals surface area (Å²) >= 11 is 6.56. The lowest BCUT2D eigenvalue weighted by Crippen LogP contribution is -1.99. The molecule has 3 nitrogen and oxygen atoms in total. The van der Waals surface area contributed by atoms with E-state index in [0.29, 0.717) is 11.1 Å². The summed E-state index contributed by atoms with van der Waals surface area (Å²) < 4.78 is 36.2. The van der Waals surface area contributed by atoms with Crippen molar-refractivity contribution >= 4 is 33.1 Å². The van der Waals surface area contributed by atoms with E-state index in [9.17, 15) is 1.37 Å². The standard InChI is InChI=1S/C41H26ClN3/c42-41-44-39(43-40(45-41)38-22-9-8-21-37(38)36-23-11-15-28-14-4-5-18-31(28)36)30-17-10-16-29(26-30)33-25-24-32(27-12-2-1-3-13-27)34-19-6-7-20-35(33)34/h1-26H/i10D,16D,17D,26D. The largest absolute Gasteiger partial charge is 0.226 e. The molecule has 45 heavy (non-hydrogen) atoms. The van der Waals surface area contributed by atoms with Gasteiger partial charge in [-0.2, -0.15) is 9.97 Å². The Hall–Kier alpha value is -5.64. The summed E-state index contributed by atoms with van der Waals surface area (Å²) in [6.45, 7) is 0. The Morgan fingerprint density at radius 2 is 1.00 bits per heavy atom. The number of nitrogens with zero attached hydrogens (tertiary/aromatic N) is 3. The number of rotatable bonds is 5. The first-order chi connectivity index (χ1) is 23.9. The highest BCUT2D eigenvalue weighted by Gasteiger charge is 2.16. The Bertz CT molecular complexity index is 2570. The molecule has 1 heterocycles. The fourth-order valence-electron chi connectivity index (χ4n) is 5.93. The second-order valence-electron chi connectivity index (χ2n) is 10.6. The van der Waals surface area contributed by atoms with Gasteiger partial charge in [0.1, 0.15) is 0 Å². The van der Waals surface area contributed by atoms with Crippen LogP contribution in [0.2, 0.25) is 5.28 Å². The van der Waals surface area contributed by atoms with Crippen molar-refractivity contribution in [1.82, 2.24) is 15.0 Å². The van der Waals surface area contributed by atoms with Crippen LogP contribution in [0.25, 0.3) is 77.7 Å². The molecule has 0 atom stereocenters. The molecule has 7 aromatic carbocycles. The highest BCUT2D eigenvalue weighted by atomic mass is 35.5. The van der Waals surface area contributed by atoms with Crippen molar-refractivity contribution in [2.45, 2.75) is 0 Å². The fraction of sp³-hybridized carbons (Fsp3) is 0. The van der Waals surface area contributed by atoms with Crippen LogP contribution in [-0.4, -0.2) is 15.0 Å². The average molecular weight is 600 g/mol. The zero-order chi connectivity index (χ0) is 33.6. The van der Waals surface area contributed by atoms with E-state index in [1.807, 2.05) is 115 Å². The minimum atomic E-state index is -0.327. The molecule has 0 unspecified atom stereocenters. The molecule has 8 aromatic rings. The second kappa shape index (κ2) is 11.5. The molecule has 0 saturated heterocycles. The Kier molecular flexibility index (Phi) is 5.81. The molecule has 0 fully saturated rings. The van der Waals surface area contributed by atoms with Gasteiger partial charge < -0.3 is 0 Å².